The quantitative estimate of drug-likeness (QED) is 0.244. The lowest BCUT2D eigenvalue weighted by Crippen LogP contribution is -2.10. The van der Waals surface area contributed by atoms with Gasteiger partial charge in [-0.2, -0.15) is 0 Å². The van der Waals surface area contributed by atoms with Crippen LogP contribution in [-0.4, -0.2) is 32.8 Å². The number of hydrogen-bond donors (Lipinski definition) is 2. The molecule has 1 aromatic heterocycles. The lowest BCUT2D eigenvalue weighted by molar-refractivity contribution is 0.277. The highest BCUT2D eigenvalue weighted by Gasteiger charge is 2.13. The zero-order valence-corrected chi connectivity index (χ0v) is 17.0. The Bertz CT molecular complexity index is 1180. The molecule has 8 nitrogen and oxygen atoms in total. The smallest absolute Gasteiger partial charge is 0.132 e. The molecule has 0 amide bonds. The predicted octanol–water partition coefficient (Wildman–Crippen LogP) is 4.40. The van der Waals surface area contributed by atoms with E-state index in [9.17, 15) is 0 Å². The third kappa shape index (κ3) is 4.81. The van der Waals surface area contributed by atoms with E-state index >= 15 is 0 Å². The molecular formula is C24H20N4O4. The highest BCUT2D eigenvalue weighted by atomic mass is 16.5. The minimum absolute atomic E-state index is 0.145. The summed E-state index contributed by atoms with van der Waals surface area (Å²) in [5.74, 6) is 1.10. The van der Waals surface area contributed by atoms with E-state index in [4.69, 9.17) is 29.9 Å². The Labute approximate surface area is 184 Å². The van der Waals surface area contributed by atoms with Gasteiger partial charge in [0.15, 0.2) is 0 Å². The van der Waals surface area contributed by atoms with Crippen LogP contribution in [0.15, 0.2) is 83.1 Å². The zero-order chi connectivity index (χ0) is 22.2. The summed E-state index contributed by atoms with van der Waals surface area (Å²) in [5, 5.41) is 23.9. The molecule has 0 saturated carbocycles. The first-order valence-corrected chi connectivity index (χ1v) is 9.81. The van der Waals surface area contributed by atoms with Crippen molar-refractivity contribution in [2.75, 3.05) is 0 Å². The second kappa shape index (κ2) is 10.0. The molecule has 0 fully saturated rings. The fraction of sp³-hybridized carbons (Fsp3) is 0.0833. The van der Waals surface area contributed by atoms with E-state index in [0.29, 0.717) is 34.0 Å². The molecule has 0 atom stereocenters. The first-order valence-electron chi connectivity index (χ1n) is 9.81. The Morgan fingerprint density at radius 2 is 1.03 bits per heavy atom. The van der Waals surface area contributed by atoms with E-state index in [0.717, 1.165) is 11.0 Å². The summed E-state index contributed by atoms with van der Waals surface area (Å²) in [5.41, 5.74) is 4.00. The van der Waals surface area contributed by atoms with Crippen LogP contribution in [0.1, 0.15) is 22.5 Å². The number of oxime groups is 2. The number of hydrogen-bond acceptors (Lipinski definition) is 8. The number of nitrogens with zero attached hydrogens (tertiary/aromatic N) is 4. The summed E-state index contributed by atoms with van der Waals surface area (Å²) in [7, 11) is 0. The molecule has 32 heavy (non-hydrogen) atoms. The van der Waals surface area contributed by atoms with Gasteiger partial charge in [-0.05, 0) is 36.4 Å². The van der Waals surface area contributed by atoms with E-state index in [1.165, 1.54) is 12.4 Å². The lowest BCUT2D eigenvalue weighted by atomic mass is 10.2. The van der Waals surface area contributed by atoms with Gasteiger partial charge >= 0.3 is 0 Å². The van der Waals surface area contributed by atoms with Crippen molar-refractivity contribution in [2.24, 2.45) is 10.3 Å². The molecule has 4 rings (SSSR count). The molecule has 0 bridgehead atoms. The van der Waals surface area contributed by atoms with Crippen LogP contribution in [0, 0.1) is 0 Å². The minimum atomic E-state index is 0.145. The van der Waals surface area contributed by atoms with Gasteiger partial charge in [0.1, 0.15) is 36.1 Å². The predicted molar refractivity (Wildman–Crippen MR) is 120 cm³/mol. The monoisotopic (exact) mass is 428 g/mol. The van der Waals surface area contributed by atoms with Crippen LogP contribution in [0.5, 0.6) is 11.5 Å². The zero-order valence-electron chi connectivity index (χ0n) is 17.0. The van der Waals surface area contributed by atoms with Gasteiger partial charge in [-0.15, -0.1) is 0 Å². The first kappa shape index (κ1) is 20.8. The summed E-state index contributed by atoms with van der Waals surface area (Å²) in [4.78, 5) is 9.44. The van der Waals surface area contributed by atoms with Crippen molar-refractivity contribution < 1.29 is 19.9 Å². The van der Waals surface area contributed by atoms with E-state index in [1.54, 1.807) is 24.3 Å². The molecule has 3 aromatic carbocycles. The van der Waals surface area contributed by atoms with Gasteiger partial charge < -0.3 is 19.9 Å². The Balaban J connectivity index is 1.63. The van der Waals surface area contributed by atoms with Crippen LogP contribution < -0.4 is 9.47 Å². The van der Waals surface area contributed by atoms with Crippen LogP contribution in [0.4, 0.5) is 0 Å². The third-order valence-electron chi connectivity index (χ3n) is 4.69. The normalized spacial score (nSPS) is 11.4. The fourth-order valence-electron chi connectivity index (χ4n) is 3.16. The number of benzene rings is 3. The second-order valence-electron chi connectivity index (χ2n) is 6.75. The van der Waals surface area contributed by atoms with Crippen LogP contribution in [0.25, 0.3) is 11.0 Å². The number of rotatable bonds is 8. The summed E-state index contributed by atoms with van der Waals surface area (Å²) in [6.45, 7) is 0.291. The maximum Gasteiger partial charge on any atom is 0.132 e. The number of fused-ring (bicyclic) bond motifs is 1. The molecule has 0 aliphatic heterocycles. The number of ether oxygens (including phenoxy) is 2. The van der Waals surface area contributed by atoms with Crippen molar-refractivity contribution in [3.63, 3.8) is 0 Å². The molecule has 0 unspecified atom stereocenters. The maximum absolute atomic E-state index is 8.88. The Hall–Kier alpha value is -4.46. The van der Waals surface area contributed by atoms with Crippen LogP contribution in [0.2, 0.25) is 0 Å². The first-order chi connectivity index (χ1) is 15.8. The molecule has 4 aromatic rings. The Kier molecular flexibility index (Phi) is 6.52. The SMILES string of the molecule is O/N=C/c1ccccc1OCc1nc2ccccc2nc1COc1ccccc1/C=N/O. The van der Waals surface area contributed by atoms with Gasteiger partial charge in [0.25, 0.3) is 0 Å². The fourth-order valence-corrected chi connectivity index (χ4v) is 3.16. The van der Waals surface area contributed by atoms with E-state index < -0.39 is 0 Å². The highest BCUT2D eigenvalue weighted by molar-refractivity contribution is 5.83. The molecular weight excluding hydrogens is 408 g/mol. The van der Waals surface area contributed by atoms with Gasteiger partial charge in [-0.3, -0.25) is 0 Å². The minimum Gasteiger partial charge on any atom is -0.487 e. The Morgan fingerprint density at radius 1 is 0.625 bits per heavy atom. The Morgan fingerprint density at radius 3 is 1.47 bits per heavy atom. The molecule has 0 aliphatic carbocycles. The van der Waals surface area contributed by atoms with Crippen molar-refractivity contribution in [3.05, 3.63) is 95.3 Å². The van der Waals surface area contributed by atoms with Crippen LogP contribution >= 0.6 is 0 Å². The molecule has 0 radical (unpaired) electrons. The maximum atomic E-state index is 8.88. The van der Waals surface area contributed by atoms with E-state index in [1.807, 2.05) is 48.5 Å². The van der Waals surface area contributed by atoms with Crippen molar-refractivity contribution in [1.29, 1.82) is 0 Å². The average Bonchev–Trinajstić information content (AvgIpc) is 2.83. The summed E-state index contributed by atoms with van der Waals surface area (Å²) < 4.78 is 11.9. The van der Waals surface area contributed by atoms with Gasteiger partial charge in [0, 0.05) is 11.1 Å². The summed E-state index contributed by atoms with van der Waals surface area (Å²) in [6, 6.07) is 22.0. The second-order valence-corrected chi connectivity index (χ2v) is 6.75. The van der Waals surface area contributed by atoms with Crippen LogP contribution in [-0.2, 0) is 13.2 Å². The van der Waals surface area contributed by atoms with Gasteiger partial charge in [-0.1, -0.05) is 46.7 Å². The van der Waals surface area contributed by atoms with Crippen molar-refractivity contribution >= 4 is 23.5 Å². The van der Waals surface area contributed by atoms with Crippen molar-refractivity contribution in [3.8, 4) is 11.5 Å². The average molecular weight is 428 g/mol. The van der Waals surface area contributed by atoms with E-state index in [2.05, 4.69) is 10.3 Å². The highest BCUT2D eigenvalue weighted by Crippen LogP contribution is 2.22. The standard InChI is InChI=1S/C24H20N4O4/c29-25-13-17-7-1-5-11-23(17)31-15-21-22(28-20-10-4-3-9-19(20)27-21)16-32-24-12-6-2-8-18(24)14-26-30/h1-14,29-30H,15-16H2/b25-13+,26-14+. The number of para-hydroxylation sites is 4. The molecule has 0 saturated heterocycles. The third-order valence-corrected chi connectivity index (χ3v) is 4.69. The largest absolute Gasteiger partial charge is 0.487 e. The van der Waals surface area contributed by atoms with Gasteiger partial charge in [0.2, 0.25) is 0 Å². The summed E-state index contributed by atoms with van der Waals surface area (Å²) >= 11 is 0. The van der Waals surface area contributed by atoms with Gasteiger partial charge in [0.05, 0.1) is 23.5 Å². The van der Waals surface area contributed by atoms with Crippen LogP contribution in [0.3, 0.4) is 0 Å². The van der Waals surface area contributed by atoms with E-state index in [-0.39, 0.29) is 13.2 Å². The van der Waals surface area contributed by atoms with Gasteiger partial charge in [-0.25, -0.2) is 9.97 Å². The molecule has 1 heterocycles. The molecule has 2 N–H and O–H groups in total. The molecule has 160 valence electrons. The molecule has 0 spiro atoms. The summed E-state index contributed by atoms with van der Waals surface area (Å²) in [6.07, 6.45) is 2.62. The number of aromatic nitrogens is 2. The topological polar surface area (TPSA) is 109 Å². The molecule has 0 aliphatic rings. The van der Waals surface area contributed by atoms with Crippen molar-refractivity contribution in [1.82, 2.24) is 9.97 Å². The molecule has 8 heteroatoms. The lowest BCUT2D eigenvalue weighted by Gasteiger charge is -2.14. The van der Waals surface area contributed by atoms with Crippen molar-refractivity contribution in [2.45, 2.75) is 13.2 Å².